The number of hydrogen-bond donors (Lipinski definition) is 0. The highest BCUT2D eigenvalue weighted by atomic mass is 19.1. The number of piperazine rings is 1. The Morgan fingerprint density at radius 1 is 1.06 bits per heavy atom. The van der Waals surface area contributed by atoms with Crippen molar-refractivity contribution in [3.8, 4) is 11.8 Å². The Kier molecular flexibility index (Phi) is 7.35. The monoisotopic (exact) mass is 488 g/mol. The molecule has 0 N–H and O–H groups in total. The van der Waals surface area contributed by atoms with E-state index in [1.54, 1.807) is 42.5 Å². The first kappa shape index (κ1) is 24.5. The van der Waals surface area contributed by atoms with Gasteiger partial charge < -0.3 is 9.69 Å². The van der Waals surface area contributed by atoms with E-state index in [0.717, 1.165) is 21.9 Å². The van der Waals surface area contributed by atoms with Crippen molar-refractivity contribution in [2.24, 2.45) is 0 Å². The number of anilines is 2. The van der Waals surface area contributed by atoms with Gasteiger partial charge in [0, 0.05) is 43.9 Å². The number of pyridine rings is 1. The normalized spacial score (nSPS) is 15.2. The van der Waals surface area contributed by atoms with Gasteiger partial charge in [-0.25, -0.2) is 18.6 Å². The first-order chi connectivity index (χ1) is 17.4. The van der Waals surface area contributed by atoms with Crippen molar-refractivity contribution in [1.82, 2.24) is 9.88 Å². The lowest BCUT2D eigenvalue weighted by molar-refractivity contribution is -0.126. The zero-order valence-corrected chi connectivity index (χ0v) is 19.4. The number of carbonyl (C=O) groups excluding carboxylic acids is 3. The van der Waals surface area contributed by atoms with Crippen LogP contribution in [0.2, 0.25) is 0 Å². The Morgan fingerprint density at radius 3 is 2.36 bits per heavy atom. The number of hydrogen-bond acceptors (Lipinski definition) is 4. The highest BCUT2D eigenvalue weighted by Gasteiger charge is 2.40. The summed E-state index contributed by atoms with van der Waals surface area (Å²) in [5.41, 5.74) is 0.219. The van der Waals surface area contributed by atoms with Crippen molar-refractivity contribution >= 4 is 29.7 Å². The summed E-state index contributed by atoms with van der Waals surface area (Å²) < 4.78 is 29.9. The predicted molar refractivity (Wildman–Crippen MR) is 130 cm³/mol. The van der Waals surface area contributed by atoms with E-state index in [0.29, 0.717) is 17.7 Å². The topological polar surface area (TPSA) is 73.8 Å². The molecule has 1 saturated heterocycles. The van der Waals surface area contributed by atoms with Gasteiger partial charge in [0.25, 0.3) is 5.91 Å². The minimum Gasteiger partial charge on any atom is -0.310 e. The van der Waals surface area contributed by atoms with E-state index in [2.05, 4.69) is 16.8 Å². The Labute approximate surface area is 207 Å². The number of aromatic nitrogens is 1. The van der Waals surface area contributed by atoms with Crippen LogP contribution in [0.4, 0.5) is 25.1 Å². The molecule has 0 saturated carbocycles. The van der Waals surface area contributed by atoms with Crippen LogP contribution in [0.3, 0.4) is 0 Å². The van der Waals surface area contributed by atoms with E-state index >= 15 is 0 Å². The summed E-state index contributed by atoms with van der Waals surface area (Å²) in [5, 5.41) is 0. The first-order valence-corrected chi connectivity index (χ1v) is 11.2. The van der Waals surface area contributed by atoms with Gasteiger partial charge in [-0.05, 0) is 36.4 Å². The van der Waals surface area contributed by atoms with Gasteiger partial charge in [-0.15, -0.1) is 0 Å². The molecule has 3 aromatic rings. The lowest BCUT2D eigenvalue weighted by atomic mass is 10.1. The molecular weight excluding hydrogens is 466 g/mol. The second-order valence-electron chi connectivity index (χ2n) is 8.04. The molecule has 36 heavy (non-hydrogen) atoms. The van der Waals surface area contributed by atoms with Gasteiger partial charge in [-0.3, -0.25) is 14.6 Å². The van der Waals surface area contributed by atoms with Gasteiger partial charge in [0.05, 0.1) is 0 Å². The van der Waals surface area contributed by atoms with Crippen LogP contribution in [0, 0.1) is 23.5 Å². The molecular formula is C27H22F2N4O3. The van der Waals surface area contributed by atoms with E-state index in [9.17, 15) is 23.2 Å². The summed E-state index contributed by atoms with van der Waals surface area (Å²) >= 11 is 0. The molecule has 1 aromatic heterocycles. The van der Waals surface area contributed by atoms with Gasteiger partial charge in [0.1, 0.15) is 23.8 Å². The SMILES string of the molecule is CN(C(=O)N1CCN(c2ccccn2)C(=O)C1CC=O)c1c(F)cc(C#Cc2ccccc2)cc1F. The lowest BCUT2D eigenvalue weighted by Crippen LogP contribution is -2.61. The Bertz CT molecular complexity index is 1320. The summed E-state index contributed by atoms with van der Waals surface area (Å²) in [7, 11) is 1.21. The van der Waals surface area contributed by atoms with Crippen molar-refractivity contribution < 1.29 is 23.2 Å². The molecule has 182 valence electrons. The fourth-order valence-corrected chi connectivity index (χ4v) is 3.99. The molecule has 1 unspecified atom stereocenters. The number of nitrogens with zero attached hydrogens (tertiary/aromatic N) is 4. The summed E-state index contributed by atoms with van der Waals surface area (Å²) in [4.78, 5) is 45.2. The molecule has 1 aliphatic rings. The Balaban J connectivity index is 1.57. The van der Waals surface area contributed by atoms with Crippen molar-refractivity contribution in [1.29, 1.82) is 0 Å². The highest BCUT2D eigenvalue weighted by Crippen LogP contribution is 2.27. The van der Waals surface area contributed by atoms with Crippen LogP contribution in [0.15, 0.2) is 66.9 Å². The zero-order chi connectivity index (χ0) is 25.7. The Morgan fingerprint density at radius 2 is 1.72 bits per heavy atom. The van der Waals surface area contributed by atoms with Crippen molar-refractivity contribution in [3.63, 3.8) is 0 Å². The quantitative estimate of drug-likeness (QED) is 0.415. The molecule has 1 aliphatic heterocycles. The van der Waals surface area contributed by atoms with Crippen LogP contribution < -0.4 is 9.80 Å². The van der Waals surface area contributed by atoms with Crippen molar-refractivity contribution in [3.05, 3.63) is 89.6 Å². The standard InChI is InChI=1S/C27H22F2N4O3/c1-31(25-21(28)17-20(18-22(25)29)11-10-19-7-3-2-4-8-19)27(36)32-14-15-33(24-9-5-6-13-30-24)26(35)23(32)12-16-34/h2-9,13,16-18,23H,12,14-15H2,1H3. The molecule has 9 heteroatoms. The molecule has 0 bridgehead atoms. The second-order valence-corrected chi connectivity index (χ2v) is 8.04. The van der Waals surface area contributed by atoms with Crippen LogP contribution in [-0.2, 0) is 9.59 Å². The van der Waals surface area contributed by atoms with Gasteiger partial charge in [0.15, 0.2) is 11.6 Å². The number of benzene rings is 2. The van der Waals surface area contributed by atoms with Crippen molar-refractivity contribution in [2.45, 2.75) is 12.5 Å². The van der Waals surface area contributed by atoms with E-state index in [-0.39, 0.29) is 25.1 Å². The number of amides is 3. The molecule has 0 radical (unpaired) electrons. The average Bonchev–Trinajstić information content (AvgIpc) is 2.89. The maximum absolute atomic E-state index is 15.0. The van der Waals surface area contributed by atoms with Crippen LogP contribution in [0.1, 0.15) is 17.5 Å². The fourth-order valence-electron chi connectivity index (χ4n) is 3.99. The highest BCUT2D eigenvalue weighted by molar-refractivity contribution is 6.03. The summed E-state index contributed by atoms with van der Waals surface area (Å²) in [6, 6.07) is 14.2. The molecule has 1 fully saturated rings. The molecule has 2 aromatic carbocycles. The van der Waals surface area contributed by atoms with Gasteiger partial charge in [-0.2, -0.15) is 0 Å². The summed E-state index contributed by atoms with van der Waals surface area (Å²) in [5.74, 6) is 3.48. The summed E-state index contributed by atoms with van der Waals surface area (Å²) in [6.07, 6.45) is 1.80. The maximum Gasteiger partial charge on any atom is 0.325 e. The number of halogens is 2. The van der Waals surface area contributed by atoms with Crippen LogP contribution in [-0.4, -0.2) is 54.3 Å². The third-order valence-electron chi connectivity index (χ3n) is 5.75. The van der Waals surface area contributed by atoms with Crippen LogP contribution in [0.25, 0.3) is 0 Å². The number of aldehydes is 1. The van der Waals surface area contributed by atoms with Crippen LogP contribution >= 0.6 is 0 Å². The third kappa shape index (κ3) is 5.08. The van der Waals surface area contributed by atoms with Gasteiger partial charge >= 0.3 is 6.03 Å². The molecule has 3 amide bonds. The fraction of sp³-hybridized carbons (Fsp3) is 0.185. The molecule has 0 aliphatic carbocycles. The van der Waals surface area contributed by atoms with E-state index < -0.39 is 35.3 Å². The number of carbonyl (C=O) groups is 3. The first-order valence-electron chi connectivity index (χ1n) is 11.2. The maximum atomic E-state index is 15.0. The van der Waals surface area contributed by atoms with Crippen LogP contribution in [0.5, 0.6) is 0 Å². The molecule has 2 heterocycles. The molecule has 4 rings (SSSR count). The number of rotatable bonds is 4. The number of urea groups is 1. The lowest BCUT2D eigenvalue weighted by Gasteiger charge is -2.41. The summed E-state index contributed by atoms with van der Waals surface area (Å²) in [6.45, 7) is 0.164. The smallest absolute Gasteiger partial charge is 0.310 e. The molecule has 0 spiro atoms. The third-order valence-corrected chi connectivity index (χ3v) is 5.75. The Hall–Kier alpha value is -4.58. The largest absolute Gasteiger partial charge is 0.325 e. The minimum atomic E-state index is -1.13. The average molecular weight is 488 g/mol. The van der Waals surface area contributed by atoms with Crippen molar-refractivity contribution in [2.75, 3.05) is 29.9 Å². The molecule has 1 atom stereocenters. The van der Waals surface area contributed by atoms with E-state index in [4.69, 9.17) is 0 Å². The van der Waals surface area contributed by atoms with E-state index in [1.807, 2.05) is 6.07 Å². The van der Waals surface area contributed by atoms with E-state index in [1.165, 1.54) is 18.1 Å². The second kappa shape index (κ2) is 10.8. The van der Waals surface area contributed by atoms with Gasteiger partial charge in [0.2, 0.25) is 0 Å². The molecule has 7 nitrogen and oxygen atoms in total. The zero-order valence-electron chi connectivity index (χ0n) is 19.4. The van der Waals surface area contributed by atoms with Gasteiger partial charge in [-0.1, -0.05) is 36.1 Å². The predicted octanol–water partition coefficient (Wildman–Crippen LogP) is 3.62. The minimum absolute atomic E-state index is 0.0495.